The summed E-state index contributed by atoms with van der Waals surface area (Å²) in [5, 5.41) is 1.16. The first-order valence-electron chi connectivity index (χ1n) is 4.88. The summed E-state index contributed by atoms with van der Waals surface area (Å²) in [5.74, 6) is 1.85. The molecule has 13 heavy (non-hydrogen) atoms. The number of nitrogens with zero attached hydrogens (tertiary/aromatic N) is 2. The minimum atomic E-state index is 0.690. The van der Waals surface area contributed by atoms with Gasteiger partial charge in [-0.2, -0.15) is 0 Å². The van der Waals surface area contributed by atoms with Gasteiger partial charge in [-0.3, -0.25) is 0 Å². The smallest absolute Gasteiger partial charge is 0.167 e. The Labute approximate surface area is 84.7 Å². The van der Waals surface area contributed by atoms with E-state index in [1.54, 1.807) is 0 Å². The van der Waals surface area contributed by atoms with E-state index in [9.17, 15) is 0 Å². The van der Waals surface area contributed by atoms with Crippen LogP contribution in [-0.4, -0.2) is 15.3 Å². The second-order valence-electron chi connectivity index (χ2n) is 3.60. The number of thioether (sulfide) groups is 1. The Morgan fingerprint density at radius 3 is 2.92 bits per heavy atom. The van der Waals surface area contributed by atoms with Gasteiger partial charge in [-0.15, -0.1) is 0 Å². The van der Waals surface area contributed by atoms with Crippen molar-refractivity contribution in [3.63, 3.8) is 0 Å². The van der Waals surface area contributed by atoms with Crippen molar-refractivity contribution in [1.82, 2.24) is 9.55 Å². The van der Waals surface area contributed by atoms with Gasteiger partial charge in [0.2, 0.25) is 0 Å². The fourth-order valence-electron chi connectivity index (χ4n) is 1.16. The third kappa shape index (κ3) is 3.43. The van der Waals surface area contributed by atoms with E-state index in [0.717, 1.165) is 17.5 Å². The monoisotopic (exact) mass is 198 g/mol. The molecule has 0 fully saturated rings. The normalized spacial score (nSPS) is 11.1. The zero-order valence-electron chi connectivity index (χ0n) is 8.66. The molecule has 1 heterocycles. The van der Waals surface area contributed by atoms with Gasteiger partial charge in [0.15, 0.2) is 5.16 Å². The van der Waals surface area contributed by atoms with Crippen molar-refractivity contribution in [3.8, 4) is 0 Å². The molecule has 0 aliphatic carbocycles. The maximum Gasteiger partial charge on any atom is 0.167 e. The minimum Gasteiger partial charge on any atom is -0.326 e. The molecule has 2 nitrogen and oxygen atoms in total. The predicted molar refractivity (Wildman–Crippen MR) is 58.1 cm³/mol. The van der Waals surface area contributed by atoms with E-state index in [4.69, 9.17) is 0 Å². The second-order valence-corrected chi connectivity index (χ2v) is 4.67. The van der Waals surface area contributed by atoms with E-state index >= 15 is 0 Å². The van der Waals surface area contributed by atoms with Gasteiger partial charge in [0.05, 0.1) is 0 Å². The van der Waals surface area contributed by atoms with Crippen molar-refractivity contribution in [2.24, 2.45) is 5.92 Å². The van der Waals surface area contributed by atoms with E-state index in [2.05, 4.69) is 36.5 Å². The summed E-state index contributed by atoms with van der Waals surface area (Å²) >= 11 is 1.85. The number of hydrogen-bond donors (Lipinski definition) is 0. The highest BCUT2D eigenvalue weighted by atomic mass is 32.2. The standard InChI is InChI=1S/C10H18N2S/c1-4-7-13-10-11-5-6-12(10)8-9(2)3/h5-6,9H,4,7-8H2,1-3H3. The van der Waals surface area contributed by atoms with Crippen LogP contribution in [0.5, 0.6) is 0 Å². The van der Waals surface area contributed by atoms with E-state index in [0.29, 0.717) is 5.92 Å². The first kappa shape index (κ1) is 10.6. The van der Waals surface area contributed by atoms with Crippen LogP contribution in [0.25, 0.3) is 0 Å². The molecule has 0 saturated carbocycles. The molecule has 1 aromatic rings. The lowest BCUT2D eigenvalue weighted by molar-refractivity contribution is 0.494. The van der Waals surface area contributed by atoms with Crippen molar-refractivity contribution in [1.29, 1.82) is 0 Å². The van der Waals surface area contributed by atoms with Crippen molar-refractivity contribution in [3.05, 3.63) is 12.4 Å². The molecule has 0 aromatic carbocycles. The first-order chi connectivity index (χ1) is 6.24. The predicted octanol–water partition coefficient (Wildman–Crippen LogP) is 3.04. The summed E-state index contributed by atoms with van der Waals surface area (Å²) in [5.41, 5.74) is 0. The highest BCUT2D eigenvalue weighted by Gasteiger charge is 2.03. The molecule has 1 aromatic heterocycles. The van der Waals surface area contributed by atoms with E-state index in [-0.39, 0.29) is 0 Å². The van der Waals surface area contributed by atoms with Crippen molar-refractivity contribution in [2.75, 3.05) is 5.75 Å². The number of rotatable bonds is 5. The number of aromatic nitrogens is 2. The molecular formula is C10H18N2S. The molecular weight excluding hydrogens is 180 g/mol. The van der Waals surface area contributed by atoms with Gasteiger partial charge in [-0.1, -0.05) is 32.5 Å². The number of hydrogen-bond acceptors (Lipinski definition) is 2. The molecule has 0 unspecified atom stereocenters. The lowest BCUT2D eigenvalue weighted by Crippen LogP contribution is -2.04. The Balaban J connectivity index is 2.55. The van der Waals surface area contributed by atoms with Crippen molar-refractivity contribution < 1.29 is 0 Å². The van der Waals surface area contributed by atoms with Crippen molar-refractivity contribution in [2.45, 2.75) is 38.9 Å². The molecule has 0 bridgehead atoms. The van der Waals surface area contributed by atoms with Gasteiger partial charge in [0.1, 0.15) is 0 Å². The van der Waals surface area contributed by atoms with Gasteiger partial charge >= 0.3 is 0 Å². The Kier molecular flexibility index (Phi) is 4.36. The fourth-order valence-corrected chi connectivity index (χ4v) is 1.98. The molecule has 0 radical (unpaired) electrons. The fraction of sp³-hybridized carbons (Fsp3) is 0.700. The Morgan fingerprint density at radius 2 is 2.31 bits per heavy atom. The average molecular weight is 198 g/mol. The summed E-state index contributed by atoms with van der Waals surface area (Å²) in [4.78, 5) is 4.33. The summed E-state index contributed by atoms with van der Waals surface area (Å²) in [6.07, 6.45) is 5.16. The third-order valence-corrected chi connectivity index (χ3v) is 2.88. The molecule has 0 amide bonds. The lowest BCUT2D eigenvalue weighted by Gasteiger charge is -2.08. The van der Waals surface area contributed by atoms with Gasteiger partial charge < -0.3 is 4.57 Å². The Hall–Kier alpha value is -0.440. The average Bonchev–Trinajstić information content (AvgIpc) is 2.48. The van der Waals surface area contributed by atoms with Crippen LogP contribution in [0, 0.1) is 5.92 Å². The highest BCUT2D eigenvalue weighted by Crippen LogP contribution is 2.17. The topological polar surface area (TPSA) is 17.8 Å². The van der Waals surface area contributed by atoms with E-state index < -0.39 is 0 Å². The molecule has 0 aliphatic heterocycles. The second kappa shape index (κ2) is 5.32. The van der Waals surface area contributed by atoms with Crippen LogP contribution in [0.2, 0.25) is 0 Å². The zero-order chi connectivity index (χ0) is 9.68. The lowest BCUT2D eigenvalue weighted by atomic mass is 10.2. The van der Waals surface area contributed by atoms with Crippen LogP contribution in [0.4, 0.5) is 0 Å². The summed E-state index contributed by atoms with van der Waals surface area (Å²) in [6.45, 7) is 7.73. The van der Waals surface area contributed by atoms with Crippen LogP contribution in [-0.2, 0) is 6.54 Å². The van der Waals surface area contributed by atoms with Gasteiger partial charge in [0.25, 0.3) is 0 Å². The maximum absolute atomic E-state index is 4.33. The van der Waals surface area contributed by atoms with Crippen LogP contribution in [0.3, 0.4) is 0 Å². The van der Waals surface area contributed by atoms with Crippen LogP contribution < -0.4 is 0 Å². The molecule has 3 heteroatoms. The highest BCUT2D eigenvalue weighted by molar-refractivity contribution is 7.99. The third-order valence-electron chi connectivity index (χ3n) is 1.67. The minimum absolute atomic E-state index is 0.690. The summed E-state index contributed by atoms with van der Waals surface area (Å²) < 4.78 is 2.24. The molecule has 1 rings (SSSR count). The quantitative estimate of drug-likeness (QED) is 0.677. The summed E-state index contributed by atoms with van der Waals surface area (Å²) in [6, 6.07) is 0. The van der Waals surface area contributed by atoms with E-state index in [1.165, 1.54) is 6.42 Å². The molecule has 0 saturated heterocycles. The molecule has 0 spiro atoms. The number of imidazole rings is 1. The first-order valence-corrected chi connectivity index (χ1v) is 5.86. The van der Waals surface area contributed by atoms with E-state index in [1.807, 2.05) is 18.0 Å². The SMILES string of the molecule is CCCSc1nccn1CC(C)C. The van der Waals surface area contributed by atoms with Crippen LogP contribution >= 0.6 is 11.8 Å². The maximum atomic E-state index is 4.33. The van der Waals surface area contributed by atoms with Gasteiger partial charge in [-0.25, -0.2) is 4.98 Å². The molecule has 74 valence electrons. The Bertz CT molecular complexity index is 243. The van der Waals surface area contributed by atoms with Gasteiger partial charge in [0, 0.05) is 24.7 Å². The molecule has 0 aliphatic rings. The summed E-state index contributed by atoms with van der Waals surface area (Å²) in [7, 11) is 0. The zero-order valence-corrected chi connectivity index (χ0v) is 9.47. The van der Waals surface area contributed by atoms with Crippen LogP contribution in [0.15, 0.2) is 17.6 Å². The Morgan fingerprint density at radius 1 is 1.54 bits per heavy atom. The molecule has 0 N–H and O–H groups in total. The molecule has 0 atom stereocenters. The largest absolute Gasteiger partial charge is 0.326 e. The van der Waals surface area contributed by atoms with Gasteiger partial charge in [-0.05, 0) is 12.3 Å². The van der Waals surface area contributed by atoms with Crippen molar-refractivity contribution >= 4 is 11.8 Å². The van der Waals surface area contributed by atoms with Crippen LogP contribution in [0.1, 0.15) is 27.2 Å².